The molecule has 1 saturated carbocycles. The molecule has 14 unspecified atom stereocenters. The molecule has 4 rings (SSSR count). The van der Waals surface area contributed by atoms with Crippen molar-refractivity contribution in [3.8, 4) is 0 Å². The number of allylic oxidation sites excluding steroid dienone is 4. The lowest BCUT2D eigenvalue weighted by Crippen LogP contribution is -2.64. The zero-order valence-corrected chi connectivity index (χ0v) is 39.1. The zero-order chi connectivity index (χ0) is 46.8. The first-order valence-corrected chi connectivity index (χ1v) is 22.7. The SMILES string of the molecule is C=CCC1/C=C(/C)CC(C)CC(OC)C2OC(O)(C(=O)C(=O)N3CCCCC3C(=O)OC(/C(C)=C/C3CCC(OC(C)=O)C(OC)C3)C(C)C(OC(C)=O)CC1=O)C(C)CC2OC. The molecule has 1 N–H and O–H groups in total. The second kappa shape index (κ2) is 23.4. The summed E-state index contributed by atoms with van der Waals surface area (Å²) in [6.07, 6.45) is 4.81. The third-order valence-electron chi connectivity index (χ3n) is 13.5. The number of cyclic esters (lactones) is 1. The Bertz CT molecular complexity index is 1710. The highest BCUT2D eigenvalue weighted by molar-refractivity contribution is 6.39. The van der Waals surface area contributed by atoms with Crippen LogP contribution in [0.15, 0.2) is 36.0 Å². The number of hydrogen-bond donors (Lipinski definition) is 1. The number of esters is 3. The molecule has 0 spiro atoms. The first-order valence-electron chi connectivity index (χ1n) is 22.7. The molecule has 15 heteroatoms. The number of carbonyl (C=O) groups excluding carboxylic acids is 6. The molecule has 354 valence electrons. The molecular formula is C48H73NO14. The average molecular weight is 888 g/mol. The normalized spacial score (nSPS) is 38.0. The fraction of sp³-hybridized carbons (Fsp3) is 0.750. The summed E-state index contributed by atoms with van der Waals surface area (Å²) in [5.41, 5.74) is 1.55. The summed E-state index contributed by atoms with van der Waals surface area (Å²) in [7, 11) is 4.59. The molecule has 0 aromatic heterocycles. The molecule has 2 bridgehead atoms. The first kappa shape index (κ1) is 51.9. The van der Waals surface area contributed by atoms with E-state index in [0.29, 0.717) is 56.9 Å². The topological polar surface area (TPSA) is 190 Å². The number of piperidine rings is 1. The van der Waals surface area contributed by atoms with Crippen LogP contribution in [-0.4, -0.2) is 128 Å². The fourth-order valence-corrected chi connectivity index (χ4v) is 10.1. The predicted molar refractivity (Wildman–Crippen MR) is 232 cm³/mol. The lowest BCUT2D eigenvalue weighted by molar-refractivity contribution is -0.302. The van der Waals surface area contributed by atoms with Gasteiger partial charge < -0.3 is 43.2 Å². The van der Waals surface area contributed by atoms with Gasteiger partial charge in [0.15, 0.2) is 0 Å². The third kappa shape index (κ3) is 13.2. The van der Waals surface area contributed by atoms with Crippen molar-refractivity contribution in [3.05, 3.63) is 36.0 Å². The van der Waals surface area contributed by atoms with Crippen LogP contribution in [0.3, 0.4) is 0 Å². The van der Waals surface area contributed by atoms with E-state index >= 15 is 0 Å². The largest absolute Gasteiger partial charge is 0.462 e. The molecule has 0 radical (unpaired) electrons. The first-order chi connectivity index (χ1) is 29.8. The third-order valence-corrected chi connectivity index (χ3v) is 13.5. The van der Waals surface area contributed by atoms with Crippen molar-refractivity contribution in [1.82, 2.24) is 4.90 Å². The monoisotopic (exact) mass is 888 g/mol. The maximum Gasteiger partial charge on any atom is 0.329 e. The lowest BCUT2D eigenvalue weighted by atomic mass is 9.81. The Balaban J connectivity index is 1.83. The van der Waals surface area contributed by atoms with Gasteiger partial charge in [0.2, 0.25) is 5.79 Å². The van der Waals surface area contributed by atoms with Gasteiger partial charge in [-0.3, -0.25) is 24.0 Å². The molecule has 15 nitrogen and oxygen atoms in total. The van der Waals surface area contributed by atoms with E-state index in [-0.39, 0.29) is 49.5 Å². The van der Waals surface area contributed by atoms with Gasteiger partial charge in [-0.25, -0.2) is 4.79 Å². The van der Waals surface area contributed by atoms with Crippen LogP contribution < -0.4 is 0 Å². The summed E-state index contributed by atoms with van der Waals surface area (Å²) in [5, 5.41) is 12.1. The van der Waals surface area contributed by atoms with Gasteiger partial charge >= 0.3 is 17.9 Å². The van der Waals surface area contributed by atoms with E-state index in [4.69, 9.17) is 33.2 Å². The van der Waals surface area contributed by atoms with Crippen LogP contribution >= 0.6 is 0 Å². The molecule has 63 heavy (non-hydrogen) atoms. The number of amides is 1. The molecule has 0 aromatic carbocycles. The van der Waals surface area contributed by atoms with Crippen LogP contribution in [0.2, 0.25) is 0 Å². The van der Waals surface area contributed by atoms with E-state index in [9.17, 15) is 33.9 Å². The van der Waals surface area contributed by atoms with E-state index in [1.807, 2.05) is 26.0 Å². The van der Waals surface area contributed by atoms with E-state index in [1.165, 1.54) is 33.0 Å². The highest BCUT2D eigenvalue weighted by Gasteiger charge is 2.56. The highest BCUT2D eigenvalue weighted by Crippen LogP contribution is 2.39. The van der Waals surface area contributed by atoms with E-state index < -0.39 is 95.8 Å². The Labute approximate surface area is 373 Å². The molecule has 4 aliphatic rings. The van der Waals surface area contributed by atoms with Crippen LogP contribution in [0.25, 0.3) is 0 Å². The summed E-state index contributed by atoms with van der Waals surface area (Å²) >= 11 is 0. The predicted octanol–water partition coefficient (Wildman–Crippen LogP) is 5.78. The number of hydrogen-bond acceptors (Lipinski definition) is 14. The van der Waals surface area contributed by atoms with Crippen molar-refractivity contribution < 1.29 is 67.0 Å². The van der Waals surface area contributed by atoms with Crippen LogP contribution in [0.1, 0.15) is 119 Å². The fourth-order valence-electron chi connectivity index (χ4n) is 10.1. The van der Waals surface area contributed by atoms with Crippen molar-refractivity contribution in [1.29, 1.82) is 0 Å². The van der Waals surface area contributed by atoms with Crippen LogP contribution in [0.4, 0.5) is 0 Å². The maximum absolute atomic E-state index is 14.6. The van der Waals surface area contributed by atoms with Crippen molar-refractivity contribution in [2.24, 2.45) is 29.6 Å². The number of carbonyl (C=O) groups is 6. The van der Waals surface area contributed by atoms with Crippen molar-refractivity contribution in [2.75, 3.05) is 27.9 Å². The van der Waals surface area contributed by atoms with Crippen molar-refractivity contribution >= 4 is 35.4 Å². The Morgan fingerprint density at radius 2 is 1.49 bits per heavy atom. The van der Waals surface area contributed by atoms with Gasteiger partial charge in [-0.05, 0) is 95.5 Å². The highest BCUT2D eigenvalue weighted by atomic mass is 16.7. The average Bonchev–Trinajstić information content (AvgIpc) is 3.23. The quantitative estimate of drug-likeness (QED) is 0.127. The minimum atomic E-state index is -2.54. The van der Waals surface area contributed by atoms with Crippen LogP contribution in [0, 0.1) is 29.6 Å². The van der Waals surface area contributed by atoms with Gasteiger partial charge in [-0.15, -0.1) is 6.58 Å². The van der Waals surface area contributed by atoms with Crippen LogP contribution in [0.5, 0.6) is 0 Å². The number of ether oxygens (including phenoxy) is 7. The Morgan fingerprint density at radius 3 is 2.11 bits per heavy atom. The number of rotatable bonds is 9. The summed E-state index contributed by atoms with van der Waals surface area (Å²) in [5.74, 6) is -9.11. The van der Waals surface area contributed by atoms with Crippen molar-refractivity contribution in [3.63, 3.8) is 0 Å². The van der Waals surface area contributed by atoms with Gasteiger partial charge in [0.1, 0.15) is 36.2 Å². The van der Waals surface area contributed by atoms with Crippen molar-refractivity contribution in [2.45, 2.75) is 174 Å². The molecule has 3 fully saturated rings. The number of fused-ring (bicyclic) bond motifs is 3. The minimum Gasteiger partial charge on any atom is -0.462 e. The summed E-state index contributed by atoms with van der Waals surface area (Å²) < 4.78 is 41.6. The molecule has 2 saturated heterocycles. The van der Waals surface area contributed by atoms with Gasteiger partial charge in [0.25, 0.3) is 11.7 Å². The number of nitrogens with zero attached hydrogens (tertiary/aromatic N) is 1. The van der Waals surface area contributed by atoms with E-state index in [1.54, 1.807) is 34.0 Å². The molecule has 1 amide bonds. The second-order valence-electron chi connectivity index (χ2n) is 18.4. The summed E-state index contributed by atoms with van der Waals surface area (Å²) in [4.78, 5) is 83.3. The van der Waals surface area contributed by atoms with Gasteiger partial charge in [0, 0.05) is 65.9 Å². The smallest absolute Gasteiger partial charge is 0.329 e. The van der Waals surface area contributed by atoms with Gasteiger partial charge in [-0.1, -0.05) is 44.6 Å². The van der Waals surface area contributed by atoms with E-state index in [2.05, 4.69) is 6.58 Å². The zero-order valence-electron chi connectivity index (χ0n) is 39.1. The molecular weight excluding hydrogens is 815 g/mol. The minimum absolute atomic E-state index is 0.0249. The number of Topliss-reactive ketones (excluding diaryl/α,β-unsaturated/α-hetero) is 2. The lowest BCUT2D eigenvalue weighted by Gasteiger charge is -2.47. The second-order valence-corrected chi connectivity index (χ2v) is 18.4. The molecule has 14 atom stereocenters. The van der Waals surface area contributed by atoms with Gasteiger partial charge in [-0.2, -0.15) is 0 Å². The molecule has 3 aliphatic heterocycles. The van der Waals surface area contributed by atoms with E-state index in [0.717, 1.165) is 5.57 Å². The number of aliphatic hydroxyl groups is 1. The molecule has 1 aliphatic carbocycles. The van der Waals surface area contributed by atoms with Crippen LogP contribution in [-0.2, 0) is 61.9 Å². The molecule has 3 heterocycles. The summed E-state index contributed by atoms with van der Waals surface area (Å²) in [6, 6.07) is -1.19. The maximum atomic E-state index is 14.6. The summed E-state index contributed by atoms with van der Waals surface area (Å²) in [6.45, 7) is 15.7. The van der Waals surface area contributed by atoms with Gasteiger partial charge in [0.05, 0.1) is 18.3 Å². The Kier molecular flexibility index (Phi) is 19.3. The number of ketones is 2. The molecule has 0 aromatic rings. The number of methoxy groups -OCH3 is 3. The standard InChI is InChI=1S/C48H73NO14/c1-12-15-35-21-27(2)20-28(3)22-41(58-10)44-42(59-11)24-30(5)48(56,63-44)45(53)46(54)49-19-14-13-16-36(49)47(55)62-43(31(6)39(26-37(35)52)61-33(8)51)29(4)23-34-17-18-38(60-32(7)50)40(25-34)57-9/h12,21,23,28,30-31,34-36,38-44,56H,1,13-20,22,24-26H2,2-11H3/b27-21-,29-23+. The Hall–Kier alpha value is -3.76. The Morgan fingerprint density at radius 1 is 0.857 bits per heavy atom.